The van der Waals surface area contributed by atoms with E-state index in [1.807, 2.05) is 30.3 Å². The Morgan fingerprint density at radius 2 is 1.97 bits per heavy atom. The first kappa shape index (κ1) is 24.9. The van der Waals surface area contributed by atoms with E-state index in [1.165, 1.54) is 31.2 Å². The third kappa shape index (κ3) is 4.91. The molecule has 0 bridgehead atoms. The van der Waals surface area contributed by atoms with E-state index in [9.17, 15) is 24.3 Å². The average Bonchev–Trinajstić information content (AvgIpc) is 3.39. The molecule has 3 atom stereocenters. The van der Waals surface area contributed by atoms with Gasteiger partial charge in [-0.05, 0) is 24.1 Å². The number of carbonyl (C=O) groups is 4. The van der Waals surface area contributed by atoms with Crippen LogP contribution in [-0.2, 0) is 30.4 Å². The van der Waals surface area contributed by atoms with Crippen molar-refractivity contribution in [1.29, 1.82) is 0 Å². The van der Waals surface area contributed by atoms with Gasteiger partial charge in [0, 0.05) is 10.8 Å². The molecule has 0 radical (unpaired) electrons. The van der Waals surface area contributed by atoms with Crippen molar-refractivity contribution in [2.24, 2.45) is 10.9 Å². The minimum Gasteiger partial charge on any atom is -0.477 e. The van der Waals surface area contributed by atoms with Crippen molar-refractivity contribution in [3.8, 4) is 0 Å². The molecule has 1 fully saturated rings. The lowest BCUT2D eigenvalue weighted by Gasteiger charge is -2.51. The topological polar surface area (TPSA) is 174 Å². The summed E-state index contributed by atoms with van der Waals surface area (Å²) in [5, 5.41) is 15.1. The molecule has 188 valence electrons. The van der Waals surface area contributed by atoms with Gasteiger partial charge in [0.25, 0.3) is 11.8 Å². The van der Waals surface area contributed by atoms with Crippen molar-refractivity contribution in [2.75, 3.05) is 13.7 Å². The number of carbonyl (C=O) groups excluding carboxylic acids is 3. The van der Waals surface area contributed by atoms with Crippen molar-refractivity contribution in [2.45, 2.75) is 23.1 Å². The number of nitrogens with two attached hydrogens (primary N) is 1. The Hall–Kier alpha value is -4.26. The van der Waals surface area contributed by atoms with E-state index in [0.717, 1.165) is 10.5 Å². The average molecular weight is 515 g/mol. The molecule has 2 aliphatic rings. The number of carboxylic acid groups (broad SMARTS) is 1. The van der Waals surface area contributed by atoms with Gasteiger partial charge in [0.2, 0.25) is 5.71 Å². The van der Waals surface area contributed by atoms with Gasteiger partial charge in [0.15, 0.2) is 5.76 Å². The molecule has 1 aromatic heterocycles. The smallest absolute Gasteiger partial charge is 0.404 e. The zero-order valence-corrected chi connectivity index (χ0v) is 19.8. The monoisotopic (exact) mass is 514 g/mol. The normalized spacial score (nSPS) is 21.4. The van der Waals surface area contributed by atoms with Gasteiger partial charge >= 0.3 is 12.1 Å². The second-order valence-electron chi connectivity index (χ2n) is 7.75. The van der Waals surface area contributed by atoms with Crippen LogP contribution >= 0.6 is 11.8 Å². The Balaban J connectivity index is 1.64. The summed E-state index contributed by atoms with van der Waals surface area (Å²) >= 11 is 1.28. The highest BCUT2D eigenvalue weighted by Gasteiger charge is 2.56. The molecule has 36 heavy (non-hydrogen) atoms. The van der Waals surface area contributed by atoms with Crippen LogP contribution in [0.2, 0.25) is 0 Å². The second kappa shape index (κ2) is 10.6. The molecule has 0 saturated carbocycles. The van der Waals surface area contributed by atoms with Crippen LogP contribution in [0.5, 0.6) is 0 Å². The highest BCUT2D eigenvalue weighted by molar-refractivity contribution is 8.00. The fraction of sp³-hybridized carbons (Fsp3) is 0.261. The molecular weight excluding hydrogens is 492 g/mol. The molecule has 3 amide bonds. The molecule has 0 aliphatic carbocycles. The summed E-state index contributed by atoms with van der Waals surface area (Å²) in [6, 6.07) is 11.3. The Morgan fingerprint density at radius 3 is 2.58 bits per heavy atom. The number of benzene rings is 1. The largest absolute Gasteiger partial charge is 0.477 e. The molecule has 12 nitrogen and oxygen atoms in total. The van der Waals surface area contributed by atoms with Crippen LogP contribution in [0.4, 0.5) is 4.79 Å². The number of ether oxygens (including phenoxy) is 1. The third-order valence-corrected chi connectivity index (χ3v) is 7.10. The van der Waals surface area contributed by atoms with Gasteiger partial charge in [-0.15, -0.1) is 11.8 Å². The van der Waals surface area contributed by atoms with Gasteiger partial charge in [0.1, 0.15) is 30.8 Å². The van der Waals surface area contributed by atoms with Gasteiger partial charge in [-0.1, -0.05) is 35.5 Å². The Kier molecular flexibility index (Phi) is 7.29. The third-order valence-electron chi connectivity index (χ3n) is 5.56. The number of nitrogens with one attached hydrogen (secondary N) is 1. The zero-order valence-electron chi connectivity index (χ0n) is 19.0. The maximum atomic E-state index is 13.0. The van der Waals surface area contributed by atoms with E-state index in [1.54, 1.807) is 6.07 Å². The van der Waals surface area contributed by atoms with Crippen LogP contribution in [0.25, 0.3) is 0 Å². The predicted molar refractivity (Wildman–Crippen MR) is 127 cm³/mol. The molecule has 2 aliphatic heterocycles. The maximum absolute atomic E-state index is 13.0. The number of fused-ring (bicyclic) bond motifs is 1. The maximum Gasteiger partial charge on any atom is 0.404 e. The standard InChI is InChI=1S/C23H22N4O8S/c1-33-26-16(14-8-5-9-34-14)19(28)25-17-20(29)27-18(22(30)31)13(11-35-23(24)32)15(36-21(17)27)10-12-6-3-2-4-7-12/h2-9,15,17,21H,10-11H2,1H3,(H2,24,32)(H,25,28)(H,30,31)/b26-16+/t15?,17-,21-/m1/s1. The first-order valence-electron chi connectivity index (χ1n) is 10.7. The molecule has 1 unspecified atom stereocenters. The summed E-state index contributed by atoms with van der Waals surface area (Å²) in [6.07, 6.45) is 0.678. The van der Waals surface area contributed by atoms with Gasteiger partial charge < -0.3 is 30.1 Å². The van der Waals surface area contributed by atoms with E-state index in [0.29, 0.717) is 6.42 Å². The quantitative estimate of drug-likeness (QED) is 0.251. The van der Waals surface area contributed by atoms with Gasteiger partial charge in [0.05, 0.1) is 6.26 Å². The lowest BCUT2D eigenvalue weighted by atomic mass is 9.97. The van der Waals surface area contributed by atoms with E-state index < -0.39 is 47.1 Å². The second-order valence-corrected chi connectivity index (χ2v) is 9.08. The number of primary amides is 1. The lowest BCUT2D eigenvalue weighted by Crippen LogP contribution is -2.71. The molecule has 4 N–H and O–H groups in total. The number of rotatable bonds is 9. The Labute approximate surface area is 209 Å². The van der Waals surface area contributed by atoms with E-state index >= 15 is 0 Å². The molecule has 1 aromatic carbocycles. The molecular formula is C23H22N4O8S. The molecule has 4 rings (SSSR count). The first-order chi connectivity index (χ1) is 17.3. The van der Waals surface area contributed by atoms with Crippen LogP contribution < -0.4 is 11.1 Å². The number of amides is 3. The summed E-state index contributed by atoms with van der Waals surface area (Å²) in [6.45, 7) is -0.391. The van der Waals surface area contributed by atoms with Crippen LogP contribution in [0.3, 0.4) is 0 Å². The number of nitrogens with zero attached hydrogens (tertiary/aromatic N) is 2. The molecule has 0 spiro atoms. The van der Waals surface area contributed by atoms with Crippen molar-refractivity contribution in [1.82, 2.24) is 10.2 Å². The summed E-state index contributed by atoms with van der Waals surface area (Å²) in [5.74, 6) is -2.59. The van der Waals surface area contributed by atoms with E-state index in [4.69, 9.17) is 19.7 Å². The molecule has 13 heteroatoms. The molecule has 3 heterocycles. The number of carboxylic acids is 1. The molecule has 1 saturated heterocycles. The summed E-state index contributed by atoms with van der Waals surface area (Å²) in [5.41, 5.74) is 5.77. The van der Waals surface area contributed by atoms with Gasteiger partial charge in [-0.2, -0.15) is 0 Å². The number of β-lactam (4-membered cyclic amide) rings is 1. The number of thioether (sulfide) groups is 1. The first-order valence-corrected chi connectivity index (χ1v) is 11.6. The fourth-order valence-electron chi connectivity index (χ4n) is 3.99. The lowest BCUT2D eigenvalue weighted by molar-refractivity contribution is -0.150. The van der Waals surface area contributed by atoms with Crippen LogP contribution in [0.15, 0.2) is 69.6 Å². The van der Waals surface area contributed by atoms with Crippen LogP contribution in [0.1, 0.15) is 11.3 Å². The number of hydrogen-bond donors (Lipinski definition) is 3. The van der Waals surface area contributed by atoms with E-state index in [2.05, 4.69) is 10.5 Å². The number of oxime groups is 1. The van der Waals surface area contributed by atoms with Crippen molar-refractivity contribution >= 4 is 41.4 Å². The minimum absolute atomic E-state index is 0.133. The van der Waals surface area contributed by atoms with Gasteiger partial charge in [-0.3, -0.25) is 14.5 Å². The Morgan fingerprint density at radius 1 is 1.22 bits per heavy atom. The summed E-state index contributed by atoms with van der Waals surface area (Å²) in [4.78, 5) is 55.3. The predicted octanol–water partition coefficient (Wildman–Crippen LogP) is 1.08. The Bertz CT molecular complexity index is 1230. The minimum atomic E-state index is -1.36. The van der Waals surface area contributed by atoms with E-state index in [-0.39, 0.29) is 22.7 Å². The van der Waals surface area contributed by atoms with Crippen LogP contribution in [-0.4, -0.2) is 70.0 Å². The highest BCUT2D eigenvalue weighted by Crippen LogP contribution is 2.45. The van der Waals surface area contributed by atoms with Gasteiger partial charge in [-0.25, -0.2) is 9.59 Å². The highest BCUT2D eigenvalue weighted by atomic mass is 32.2. The molecule has 2 aromatic rings. The number of furan rings is 1. The summed E-state index contributed by atoms with van der Waals surface area (Å²) < 4.78 is 10.1. The number of aliphatic carboxylic acids is 1. The SMILES string of the molecule is CO/N=C(/C(=O)N[C@@H]1C(=O)N2C(C(=O)O)=C(COC(N)=O)C(Cc3ccccc3)S[C@H]12)c1ccco1. The summed E-state index contributed by atoms with van der Waals surface area (Å²) in [7, 11) is 1.26. The van der Waals surface area contributed by atoms with Crippen molar-refractivity contribution in [3.63, 3.8) is 0 Å². The van der Waals surface area contributed by atoms with Crippen molar-refractivity contribution < 1.29 is 38.3 Å². The van der Waals surface area contributed by atoms with Crippen molar-refractivity contribution in [3.05, 3.63) is 71.3 Å². The zero-order chi connectivity index (χ0) is 25.8. The number of hydrogen-bond acceptors (Lipinski definition) is 9. The van der Waals surface area contributed by atoms with Crippen LogP contribution in [0, 0.1) is 0 Å². The fourth-order valence-corrected chi connectivity index (χ4v) is 5.64.